The van der Waals surface area contributed by atoms with Crippen molar-refractivity contribution in [3.05, 3.63) is 64.2 Å². The number of non-ortho nitro benzene ring substituents is 1. The topological polar surface area (TPSA) is 98.5 Å². The zero-order valence-electron chi connectivity index (χ0n) is 14.9. The van der Waals surface area contributed by atoms with E-state index in [4.69, 9.17) is 4.74 Å². The van der Waals surface area contributed by atoms with Gasteiger partial charge in [-0.25, -0.2) is 13.1 Å². The Hall–Kier alpha value is -2.45. The summed E-state index contributed by atoms with van der Waals surface area (Å²) in [5.74, 6) is 0.925. The van der Waals surface area contributed by atoms with Crippen LogP contribution in [0.2, 0.25) is 0 Å². The van der Waals surface area contributed by atoms with E-state index in [-0.39, 0.29) is 16.5 Å². The predicted molar refractivity (Wildman–Crippen MR) is 98.6 cm³/mol. The summed E-state index contributed by atoms with van der Waals surface area (Å²) in [6.07, 6.45) is 0.584. The maximum absolute atomic E-state index is 12.7. The Bertz CT molecular complexity index is 863. The number of benzene rings is 2. The Morgan fingerprint density at radius 1 is 1.15 bits per heavy atom. The molecule has 0 unspecified atom stereocenters. The van der Waals surface area contributed by atoms with Crippen molar-refractivity contribution >= 4 is 15.7 Å². The van der Waals surface area contributed by atoms with Gasteiger partial charge in [-0.3, -0.25) is 10.1 Å². The number of nitrogens with zero attached hydrogens (tertiary/aromatic N) is 1. The second-order valence-corrected chi connectivity index (χ2v) is 8.05. The smallest absolute Gasteiger partial charge is 0.270 e. The minimum Gasteiger partial charge on any atom is -0.497 e. The molecule has 0 saturated carbocycles. The van der Waals surface area contributed by atoms with Gasteiger partial charge in [0.25, 0.3) is 5.69 Å². The highest BCUT2D eigenvalue weighted by molar-refractivity contribution is 7.89. The van der Waals surface area contributed by atoms with Gasteiger partial charge in [0.2, 0.25) is 10.0 Å². The Balaban J connectivity index is 2.34. The average Bonchev–Trinajstić information content (AvgIpc) is 2.60. The van der Waals surface area contributed by atoms with E-state index in [2.05, 4.69) is 4.72 Å². The Morgan fingerprint density at radius 2 is 1.81 bits per heavy atom. The minimum atomic E-state index is -3.91. The third-order valence-electron chi connectivity index (χ3n) is 3.86. The van der Waals surface area contributed by atoms with E-state index in [0.29, 0.717) is 12.2 Å². The molecule has 0 aliphatic heterocycles. The van der Waals surface area contributed by atoms with Gasteiger partial charge in [-0.05, 0) is 36.1 Å². The zero-order valence-corrected chi connectivity index (χ0v) is 15.7. The fraction of sp³-hybridized carbons (Fsp3) is 0.333. The van der Waals surface area contributed by atoms with E-state index < -0.39 is 21.0 Å². The van der Waals surface area contributed by atoms with Gasteiger partial charge in [-0.2, -0.15) is 0 Å². The molecule has 2 aromatic rings. The van der Waals surface area contributed by atoms with Crippen molar-refractivity contribution in [3.63, 3.8) is 0 Å². The lowest BCUT2D eigenvalue weighted by Gasteiger charge is -2.21. The molecule has 1 N–H and O–H groups in total. The highest BCUT2D eigenvalue weighted by Gasteiger charge is 2.24. The van der Waals surface area contributed by atoms with Gasteiger partial charge >= 0.3 is 0 Å². The van der Waals surface area contributed by atoms with E-state index in [1.165, 1.54) is 18.2 Å². The summed E-state index contributed by atoms with van der Waals surface area (Å²) in [6, 6.07) is 11.7. The van der Waals surface area contributed by atoms with Crippen molar-refractivity contribution in [3.8, 4) is 5.75 Å². The highest BCUT2D eigenvalue weighted by atomic mass is 32.2. The molecule has 2 aromatic carbocycles. The summed E-state index contributed by atoms with van der Waals surface area (Å²) in [7, 11) is -2.35. The van der Waals surface area contributed by atoms with Crippen molar-refractivity contribution in [1.29, 1.82) is 0 Å². The summed E-state index contributed by atoms with van der Waals surface area (Å²) in [5, 5.41) is 10.9. The number of hydrogen-bond acceptors (Lipinski definition) is 5. The zero-order chi connectivity index (χ0) is 19.3. The molecular weight excluding hydrogens is 356 g/mol. The monoisotopic (exact) mass is 378 g/mol. The van der Waals surface area contributed by atoms with Gasteiger partial charge in [0.05, 0.1) is 16.9 Å². The van der Waals surface area contributed by atoms with Crippen LogP contribution in [0.3, 0.4) is 0 Å². The normalized spacial score (nSPS) is 12.8. The number of rotatable bonds is 8. The molecular formula is C18H22N2O5S. The van der Waals surface area contributed by atoms with E-state index in [9.17, 15) is 18.5 Å². The lowest BCUT2D eigenvalue weighted by molar-refractivity contribution is -0.385. The van der Waals surface area contributed by atoms with Crippen LogP contribution in [-0.4, -0.2) is 20.5 Å². The third kappa shape index (κ3) is 5.03. The van der Waals surface area contributed by atoms with Crippen LogP contribution in [-0.2, 0) is 10.0 Å². The van der Waals surface area contributed by atoms with Crippen molar-refractivity contribution in [2.24, 2.45) is 5.92 Å². The maximum Gasteiger partial charge on any atom is 0.270 e. The van der Waals surface area contributed by atoms with E-state index >= 15 is 0 Å². The second-order valence-electron chi connectivity index (χ2n) is 6.33. The number of sulfonamides is 1. The molecule has 0 heterocycles. The van der Waals surface area contributed by atoms with Crippen LogP contribution in [0.1, 0.15) is 31.9 Å². The molecule has 0 saturated heterocycles. The molecule has 0 aliphatic rings. The van der Waals surface area contributed by atoms with Crippen molar-refractivity contribution in [2.75, 3.05) is 7.11 Å². The van der Waals surface area contributed by atoms with Gasteiger partial charge in [0.15, 0.2) is 0 Å². The van der Waals surface area contributed by atoms with Gasteiger partial charge < -0.3 is 4.74 Å². The summed E-state index contributed by atoms with van der Waals surface area (Å²) in [5.41, 5.74) is 0.534. The van der Waals surface area contributed by atoms with E-state index in [0.717, 1.165) is 11.6 Å². The summed E-state index contributed by atoms with van der Waals surface area (Å²) < 4.78 is 33.3. The molecule has 0 amide bonds. The molecule has 0 radical (unpaired) electrons. The Labute approximate surface area is 153 Å². The van der Waals surface area contributed by atoms with E-state index in [1.54, 1.807) is 19.2 Å². The van der Waals surface area contributed by atoms with Crippen LogP contribution < -0.4 is 9.46 Å². The fourth-order valence-electron chi connectivity index (χ4n) is 2.58. The standard InChI is InChI=1S/C18H22N2O5S/c1-13(2)11-18(14-7-9-16(25-3)10-8-14)19-26(23,24)17-6-4-5-15(12-17)20(21)22/h4-10,12-13,18-19H,11H2,1-3H3/t18-/m1/s1. The molecule has 0 fully saturated rings. The van der Waals surface area contributed by atoms with Crippen LogP contribution in [0.5, 0.6) is 5.75 Å². The van der Waals surface area contributed by atoms with Gasteiger partial charge in [-0.15, -0.1) is 0 Å². The second kappa shape index (κ2) is 8.29. The molecule has 0 aliphatic carbocycles. The fourth-order valence-corrected chi connectivity index (χ4v) is 3.86. The molecule has 0 aromatic heterocycles. The van der Waals surface area contributed by atoms with Crippen LogP contribution >= 0.6 is 0 Å². The van der Waals surface area contributed by atoms with Crippen LogP contribution in [0.15, 0.2) is 53.4 Å². The molecule has 1 atom stereocenters. The van der Waals surface area contributed by atoms with Crippen LogP contribution in [0.25, 0.3) is 0 Å². The lowest BCUT2D eigenvalue weighted by Crippen LogP contribution is -2.29. The average molecular weight is 378 g/mol. The number of nitrogens with one attached hydrogen (secondary N) is 1. The molecule has 26 heavy (non-hydrogen) atoms. The van der Waals surface area contributed by atoms with Crippen LogP contribution in [0.4, 0.5) is 5.69 Å². The Morgan fingerprint density at radius 3 is 2.35 bits per heavy atom. The van der Waals surface area contributed by atoms with Gasteiger partial charge in [-0.1, -0.05) is 32.0 Å². The first-order valence-corrected chi connectivity index (χ1v) is 9.62. The number of ether oxygens (including phenoxy) is 1. The number of hydrogen-bond donors (Lipinski definition) is 1. The first kappa shape index (κ1) is 19.9. The molecule has 0 bridgehead atoms. The maximum atomic E-state index is 12.7. The van der Waals surface area contributed by atoms with Crippen molar-refractivity contribution in [1.82, 2.24) is 4.72 Å². The minimum absolute atomic E-state index is 0.131. The SMILES string of the molecule is COc1ccc([C@@H](CC(C)C)NS(=O)(=O)c2cccc([N+](=O)[O-])c2)cc1. The molecule has 7 nitrogen and oxygen atoms in total. The number of nitro groups is 1. The van der Waals surface area contributed by atoms with Crippen LogP contribution in [0, 0.1) is 16.0 Å². The first-order valence-electron chi connectivity index (χ1n) is 8.13. The van der Waals surface area contributed by atoms with E-state index in [1.807, 2.05) is 26.0 Å². The third-order valence-corrected chi connectivity index (χ3v) is 5.33. The molecule has 140 valence electrons. The highest BCUT2D eigenvalue weighted by Crippen LogP contribution is 2.26. The van der Waals surface area contributed by atoms with Gasteiger partial charge in [0.1, 0.15) is 5.75 Å². The Kier molecular flexibility index (Phi) is 6.33. The molecule has 8 heteroatoms. The molecule has 0 spiro atoms. The lowest BCUT2D eigenvalue weighted by atomic mass is 9.98. The van der Waals surface area contributed by atoms with Gasteiger partial charge in [0, 0.05) is 18.2 Å². The quantitative estimate of drug-likeness (QED) is 0.558. The summed E-state index contributed by atoms with van der Waals surface area (Å²) in [6.45, 7) is 4.00. The predicted octanol–water partition coefficient (Wildman–Crippen LogP) is 3.67. The number of methoxy groups -OCH3 is 1. The largest absolute Gasteiger partial charge is 0.497 e. The van der Waals surface area contributed by atoms with Crippen molar-refractivity contribution in [2.45, 2.75) is 31.2 Å². The summed E-state index contributed by atoms with van der Waals surface area (Å²) >= 11 is 0. The first-order chi connectivity index (χ1) is 12.2. The van der Waals surface area contributed by atoms with Crippen molar-refractivity contribution < 1.29 is 18.1 Å². The molecule has 2 rings (SSSR count). The summed E-state index contributed by atoms with van der Waals surface area (Å²) in [4.78, 5) is 10.2. The number of nitro benzene ring substituents is 1.